The van der Waals surface area contributed by atoms with Crippen molar-refractivity contribution in [2.24, 2.45) is 5.92 Å². The first-order chi connectivity index (χ1) is 7.54. The van der Waals surface area contributed by atoms with Gasteiger partial charge in [0.25, 0.3) is 0 Å². The van der Waals surface area contributed by atoms with Gasteiger partial charge in [0.1, 0.15) is 0 Å². The summed E-state index contributed by atoms with van der Waals surface area (Å²) in [6, 6.07) is 0. The van der Waals surface area contributed by atoms with Crippen LogP contribution in [0.4, 0.5) is 0 Å². The molecule has 0 aliphatic heterocycles. The molecular formula is C13H29NO2S. The Labute approximate surface area is 107 Å². The Balaban J connectivity index is 3.83. The average molecular weight is 263 g/mol. The summed E-state index contributed by atoms with van der Waals surface area (Å²) >= 11 is 0. The predicted octanol–water partition coefficient (Wildman–Crippen LogP) is 2.61. The van der Waals surface area contributed by atoms with E-state index in [9.17, 15) is 8.42 Å². The van der Waals surface area contributed by atoms with Crippen LogP contribution in [0.15, 0.2) is 0 Å². The Morgan fingerprint density at radius 3 is 2.06 bits per heavy atom. The van der Waals surface area contributed by atoms with Gasteiger partial charge in [-0.05, 0) is 59.9 Å². The van der Waals surface area contributed by atoms with E-state index in [2.05, 4.69) is 33.0 Å². The van der Waals surface area contributed by atoms with E-state index in [0.29, 0.717) is 11.7 Å². The second kappa shape index (κ2) is 6.74. The van der Waals surface area contributed by atoms with Gasteiger partial charge in [-0.3, -0.25) is 0 Å². The molecule has 0 aromatic carbocycles. The van der Waals surface area contributed by atoms with Gasteiger partial charge in [0, 0.05) is 5.54 Å². The van der Waals surface area contributed by atoms with Crippen LogP contribution >= 0.6 is 0 Å². The zero-order valence-electron chi connectivity index (χ0n) is 12.2. The van der Waals surface area contributed by atoms with E-state index in [1.54, 1.807) is 13.8 Å². The molecule has 1 atom stereocenters. The summed E-state index contributed by atoms with van der Waals surface area (Å²) in [6.45, 7) is 13.0. The fourth-order valence-corrected chi connectivity index (χ4v) is 2.49. The van der Waals surface area contributed by atoms with Crippen LogP contribution in [-0.4, -0.2) is 31.5 Å². The third-order valence-corrected chi connectivity index (χ3v) is 5.12. The summed E-state index contributed by atoms with van der Waals surface area (Å²) in [5, 5.41) is 3.20. The zero-order valence-corrected chi connectivity index (χ0v) is 13.0. The van der Waals surface area contributed by atoms with Gasteiger partial charge in [0.15, 0.2) is 9.84 Å². The summed E-state index contributed by atoms with van der Waals surface area (Å²) in [5.41, 5.74) is 0.137. The van der Waals surface area contributed by atoms with Gasteiger partial charge in [-0.15, -0.1) is 0 Å². The molecule has 0 bridgehead atoms. The van der Waals surface area contributed by atoms with Crippen molar-refractivity contribution in [2.75, 3.05) is 12.3 Å². The Hall–Kier alpha value is -0.0900. The van der Waals surface area contributed by atoms with Crippen LogP contribution in [0.25, 0.3) is 0 Å². The fraction of sp³-hybridized carbons (Fsp3) is 1.00. The standard InChI is InChI=1S/C13H29NO2S/c1-11(2)17(15,16)9-7-8-12(3)10-14-13(4,5)6/h11-12,14H,7-10H2,1-6H3. The highest BCUT2D eigenvalue weighted by Crippen LogP contribution is 2.10. The smallest absolute Gasteiger partial charge is 0.152 e. The van der Waals surface area contributed by atoms with Crippen molar-refractivity contribution in [1.82, 2.24) is 5.32 Å². The minimum Gasteiger partial charge on any atom is -0.312 e. The zero-order chi connectivity index (χ0) is 13.7. The molecule has 104 valence electrons. The largest absolute Gasteiger partial charge is 0.312 e. The minimum absolute atomic E-state index is 0.137. The van der Waals surface area contributed by atoms with E-state index in [4.69, 9.17) is 0 Å². The van der Waals surface area contributed by atoms with E-state index in [1.165, 1.54) is 0 Å². The molecule has 1 unspecified atom stereocenters. The quantitative estimate of drug-likeness (QED) is 0.768. The van der Waals surface area contributed by atoms with Crippen LogP contribution in [-0.2, 0) is 9.84 Å². The molecule has 3 nitrogen and oxygen atoms in total. The van der Waals surface area contributed by atoms with Crippen molar-refractivity contribution in [3.8, 4) is 0 Å². The molecule has 0 aromatic rings. The number of sulfone groups is 1. The van der Waals surface area contributed by atoms with E-state index in [-0.39, 0.29) is 10.8 Å². The lowest BCUT2D eigenvalue weighted by Crippen LogP contribution is -2.38. The van der Waals surface area contributed by atoms with Gasteiger partial charge in [-0.25, -0.2) is 8.42 Å². The van der Waals surface area contributed by atoms with E-state index in [1.807, 2.05) is 0 Å². The molecule has 0 heterocycles. The lowest BCUT2D eigenvalue weighted by molar-refractivity contribution is 0.371. The highest BCUT2D eigenvalue weighted by atomic mass is 32.2. The molecule has 0 rings (SSSR count). The Bertz CT molecular complexity index is 302. The number of rotatable bonds is 7. The third-order valence-electron chi connectivity index (χ3n) is 2.82. The molecule has 0 fully saturated rings. The molecule has 4 heteroatoms. The predicted molar refractivity (Wildman–Crippen MR) is 75.1 cm³/mol. The molecular weight excluding hydrogens is 234 g/mol. The van der Waals surface area contributed by atoms with Crippen LogP contribution in [0.3, 0.4) is 0 Å². The second-order valence-electron chi connectivity index (χ2n) is 6.29. The summed E-state index contributed by atoms with van der Waals surface area (Å²) in [5.74, 6) is 0.849. The highest BCUT2D eigenvalue weighted by molar-refractivity contribution is 7.91. The first-order valence-corrected chi connectivity index (χ1v) is 8.23. The SMILES string of the molecule is CC(CCCS(=O)(=O)C(C)C)CNC(C)(C)C. The monoisotopic (exact) mass is 263 g/mol. The third kappa shape index (κ3) is 8.61. The first-order valence-electron chi connectivity index (χ1n) is 6.51. The molecule has 0 aromatic heterocycles. The molecule has 17 heavy (non-hydrogen) atoms. The van der Waals surface area contributed by atoms with Gasteiger partial charge in [0.2, 0.25) is 0 Å². The molecule has 0 radical (unpaired) electrons. The number of hydrogen-bond donors (Lipinski definition) is 1. The van der Waals surface area contributed by atoms with E-state index >= 15 is 0 Å². The topological polar surface area (TPSA) is 46.2 Å². The van der Waals surface area contributed by atoms with Crippen molar-refractivity contribution in [3.05, 3.63) is 0 Å². The summed E-state index contributed by atoms with van der Waals surface area (Å²) < 4.78 is 23.2. The maximum atomic E-state index is 11.6. The second-order valence-corrected chi connectivity index (χ2v) is 8.97. The lowest BCUT2D eigenvalue weighted by Gasteiger charge is -2.23. The summed E-state index contributed by atoms with van der Waals surface area (Å²) in [4.78, 5) is 0. The van der Waals surface area contributed by atoms with Crippen molar-refractivity contribution in [1.29, 1.82) is 0 Å². The van der Waals surface area contributed by atoms with Crippen molar-refractivity contribution in [3.63, 3.8) is 0 Å². The van der Waals surface area contributed by atoms with Crippen LogP contribution in [0.2, 0.25) is 0 Å². The molecule has 0 aliphatic carbocycles. The average Bonchev–Trinajstić information content (AvgIpc) is 2.13. The van der Waals surface area contributed by atoms with Crippen LogP contribution in [0.5, 0.6) is 0 Å². The van der Waals surface area contributed by atoms with E-state index < -0.39 is 9.84 Å². The molecule has 0 saturated heterocycles. The van der Waals surface area contributed by atoms with Gasteiger partial charge >= 0.3 is 0 Å². The van der Waals surface area contributed by atoms with Gasteiger partial charge < -0.3 is 5.32 Å². The molecule has 0 amide bonds. The van der Waals surface area contributed by atoms with Crippen LogP contribution in [0, 0.1) is 5.92 Å². The highest BCUT2D eigenvalue weighted by Gasteiger charge is 2.16. The Kier molecular flexibility index (Phi) is 6.70. The number of nitrogens with one attached hydrogen (secondary N) is 1. The Morgan fingerprint density at radius 2 is 1.65 bits per heavy atom. The fourth-order valence-electron chi connectivity index (χ4n) is 1.45. The molecule has 0 saturated carbocycles. The maximum Gasteiger partial charge on any atom is 0.152 e. The normalized spacial score (nSPS) is 15.2. The van der Waals surface area contributed by atoms with Gasteiger partial charge in [-0.1, -0.05) is 6.92 Å². The van der Waals surface area contributed by atoms with Crippen LogP contribution < -0.4 is 5.32 Å². The van der Waals surface area contributed by atoms with Crippen molar-refractivity contribution < 1.29 is 8.42 Å². The lowest BCUT2D eigenvalue weighted by atomic mass is 10.0. The van der Waals surface area contributed by atoms with E-state index in [0.717, 1.165) is 19.4 Å². The Morgan fingerprint density at radius 1 is 1.12 bits per heavy atom. The van der Waals surface area contributed by atoms with Gasteiger partial charge in [0.05, 0.1) is 11.0 Å². The maximum absolute atomic E-state index is 11.6. The van der Waals surface area contributed by atoms with Gasteiger partial charge in [-0.2, -0.15) is 0 Å². The van der Waals surface area contributed by atoms with Crippen molar-refractivity contribution >= 4 is 9.84 Å². The van der Waals surface area contributed by atoms with Crippen LogP contribution in [0.1, 0.15) is 54.4 Å². The minimum atomic E-state index is -2.86. The summed E-state index contributed by atoms with van der Waals surface area (Å²) in [6.07, 6.45) is 1.74. The molecule has 0 aliphatic rings. The molecule has 0 spiro atoms. The summed E-state index contributed by atoms with van der Waals surface area (Å²) in [7, 11) is -2.86. The first kappa shape index (κ1) is 16.9. The number of hydrogen-bond acceptors (Lipinski definition) is 3. The van der Waals surface area contributed by atoms with Crippen molar-refractivity contribution in [2.45, 2.75) is 65.2 Å². The molecule has 1 N–H and O–H groups in total.